The van der Waals surface area contributed by atoms with E-state index >= 15 is 0 Å². The zero-order valence-corrected chi connectivity index (χ0v) is 20.0. The number of carboxylic acids is 1. The largest absolute Gasteiger partial charge is 0.478 e. The molecule has 0 fully saturated rings. The minimum atomic E-state index is -4.04. The number of carboxylic acid groups (broad SMARTS) is 1. The third-order valence-corrected chi connectivity index (χ3v) is 6.75. The van der Waals surface area contributed by atoms with Crippen LogP contribution < -0.4 is 5.32 Å². The lowest BCUT2D eigenvalue weighted by Gasteiger charge is -2.15. The summed E-state index contributed by atoms with van der Waals surface area (Å²) in [4.78, 5) is 26.7. The van der Waals surface area contributed by atoms with Gasteiger partial charge in [0.15, 0.2) is 6.23 Å². The number of benzene rings is 1. The maximum Gasteiger partial charge on any atom is 0.332 e. The quantitative estimate of drug-likeness (QED) is 0.284. The molecule has 0 saturated heterocycles. The fourth-order valence-corrected chi connectivity index (χ4v) is 5.11. The summed E-state index contributed by atoms with van der Waals surface area (Å²) in [6.07, 6.45) is 4.55. The van der Waals surface area contributed by atoms with E-state index < -0.39 is 28.2 Å². The highest BCUT2D eigenvalue weighted by Crippen LogP contribution is 2.34. The molecule has 0 radical (unpaired) electrons. The number of hydrogen-bond acceptors (Lipinski definition) is 7. The van der Waals surface area contributed by atoms with Crippen LogP contribution in [0.4, 0.5) is 0 Å². The Morgan fingerprint density at radius 2 is 1.82 bits per heavy atom. The molecule has 0 spiro atoms. The summed E-state index contributed by atoms with van der Waals surface area (Å²) >= 11 is 0. The molecule has 1 aromatic carbocycles. The van der Waals surface area contributed by atoms with E-state index in [0.717, 1.165) is 32.3 Å². The van der Waals surface area contributed by atoms with Gasteiger partial charge in [0.25, 0.3) is 10.0 Å². The molecule has 2 N–H and O–H groups in total. The Hall–Kier alpha value is -3.76. The standard InChI is InChI=1S/C24H25N3O6S/c1-15-10-16(2)23(17(3)11-15)20-12-18(24(25-4)33-22(30)8-7-21(28)29)14-27(20)34(31,32)19-6-5-9-26-13-19/h5-14,24-25H,1-4H3,(H,28,29)/b8-7+. The highest BCUT2D eigenvalue weighted by molar-refractivity contribution is 7.90. The second kappa shape index (κ2) is 10.0. The molecule has 3 aromatic rings. The third-order valence-electron chi connectivity index (χ3n) is 5.09. The Morgan fingerprint density at radius 3 is 2.38 bits per heavy atom. The first kappa shape index (κ1) is 24.9. The van der Waals surface area contributed by atoms with Crippen LogP contribution in [0.5, 0.6) is 0 Å². The topological polar surface area (TPSA) is 128 Å². The van der Waals surface area contributed by atoms with Crippen LogP contribution >= 0.6 is 0 Å². The minimum absolute atomic E-state index is 0.00297. The summed E-state index contributed by atoms with van der Waals surface area (Å²) < 4.78 is 33.6. The first-order valence-corrected chi connectivity index (χ1v) is 11.7. The summed E-state index contributed by atoms with van der Waals surface area (Å²) in [5.41, 5.74) is 4.29. The number of rotatable bonds is 8. The summed E-state index contributed by atoms with van der Waals surface area (Å²) in [6, 6.07) is 8.54. The van der Waals surface area contributed by atoms with Crippen molar-refractivity contribution in [3.8, 4) is 11.3 Å². The van der Waals surface area contributed by atoms with E-state index in [1.807, 2.05) is 32.9 Å². The van der Waals surface area contributed by atoms with Crippen LogP contribution in [0.1, 0.15) is 28.5 Å². The van der Waals surface area contributed by atoms with Crippen LogP contribution in [-0.4, -0.2) is 41.5 Å². The number of aryl methyl sites for hydroxylation is 3. The zero-order chi connectivity index (χ0) is 25.0. The monoisotopic (exact) mass is 483 g/mol. The lowest BCUT2D eigenvalue weighted by atomic mass is 9.97. The Balaban J connectivity index is 2.19. The molecule has 1 unspecified atom stereocenters. The van der Waals surface area contributed by atoms with Gasteiger partial charge >= 0.3 is 11.9 Å². The van der Waals surface area contributed by atoms with E-state index in [1.165, 1.54) is 37.8 Å². The van der Waals surface area contributed by atoms with Gasteiger partial charge in [-0.1, -0.05) is 17.7 Å². The average molecular weight is 484 g/mol. The summed E-state index contributed by atoms with van der Waals surface area (Å²) in [6.45, 7) is 5.76. The van der Waals surface area contributed by atoms with Gasteiger partial charge in [-0.2, -0.15) is 0 Å². The van der Waals surface area contributed by atoms with Crippen molar-refractivity contribution >= 4 is 22.0 Å². The Labute approximate surface area is 197 Å². The van der Waals surface area contributed by atoms with Crippen LogP contribution in [0, 0.1) is 20.8 Å². The van der Waals surface area contributed by atoms with Gasteiger partial charge < -0.3 is 9.84 Å². The first-order valence-electron chi connectivity index (χ1n) is 10.3. The Kier molecular flexibility index (Phi) is 7.33. The van der Waals surface area contributed by atoms with E-state index in [1.54, 1.807) is 6.07 Å². The SMILES string of the molecule is CNC(OC(=O)/C=C/C(=O)O)c1cc(-c2c(C)cc(C)cc2C)n(S(=O)(=O)c2cccnc2)c1. The van der Waals surface area contributed by atoms with E-state index in [4.69, 9.17) is 9.84 Å². The number of nitrogens with one attached hydrogen (secondary N) is 1. The highest BCUT2D eigenvalue weighted by Gasteiger charge is 2.27. The second-order valence-corrected chi connectivity index (χ2v) is 9.51. The van der Waals surface area contributed by atoms with Gasteiger partial charge in [-0.25, -0.2) is 22.0 Å². The van der Waals surface area contributed by atoms with Crippen molar-refractivity contribution in [2.75, 3.05) is 7.05 Å². The molecule has 9 nitrogen and oxygen atoms in total. The van der Waals surface area contributed by atoms with Crippen molar-refractivity contribution in [1.82, 2.24) is 14.3 Å². The number of ether oxygens (including phenoxy) is 1. The maximum absolute atomic E-state index is 13.6. The number of aliphatic carboxylic acids is 1. The predicted octanol–water partition coefficient (Wildman–Crippen LogP) is 3.11. The van der Waals surface area contributed by atoms with Crippen LogP contribution in [0.15, 0.2) is 66.0 Å². The van der Waals surface area contributed by atoms with E-state index in [0.29, 0.717) is 17.3 Å². The van der Waals surface area contributed by atoms with Gasteiger partial charge in [0.2, 0.25) is 0 Å². The number of carbonyl (C=O) groups is 2. The molecule has 0 aliphatic carbocycles. The molecule has 0 aliphatic heterocycles. The molecule has 3 rings (SSSR count). The fraction of sp³-hybridized carbons (Fsp3) is 0.208. The zero-order valence-electron chi connectivity index (χ0n) is 19.1. The number of esters is 1. The molecule has 0 bridgehead atoms. The van der Waals surface area contributed by atoms with Gasteiger partial charge in [0, 0.05) is 41.9 Å². The van der Waals surface area contributed by atoms with Crippen molar-refractivity contribution in [3.05, 3.63) is 83.3 Å². The molecule has 2 aromatic heterocycles. The molecule has 178 valence electrons. The lowest BCUT2D eigenvalue weighted by molar-refractivity contribution is -0.145. The third kappa shape index (κ3) is 5.24. The lowest BCUT2D eigenvalue weighted by Crippen LogP contribution is -2.22. The molecule has 10 heteroatoms. The van der Waals surface area contributed by atoms with Gasteiger partial charge in [0.05, 0.1) is 5.69 Å². The average Bonchev–Trinajstić information content (AvgIpc) is 3.21. The van der Waals surface area contributed by atoms with Crippen LogP contribution in [0.2, 0.25) is 0 Å². The molecular formula is C24H25N3O6S. The minimum Gasteiger partial charge on any atom is -0.478 e. The number of pyridine rings is 1. The number of hydrogen-bond donors (Lipinski definition) is 2. The summed E-state index contributed by atoms with van der Waals surface area (Å²) in [5, 5.41) is 11.5. The number of nitrogens with zero attached hydrogens (tertiary/aromatic N) is 2. The predicted molar refractivity (Wildman–Crippen MR) is 126 cm³/mol. The molecule has 0 amide bonds. The molecule has 0 aliphatic rings. The van der Waals surface area contributed by atoms with Gasteiger partial charge in [0.1, 0.15) is 4.90 Å². The molecule has 0 saturated carbocycles. The van der Waals surface area contributed by atoms with Crippen molar-refractivity contribution in [2.24, 2.45) is 0 Å². The van der Waals surface area contributed by atoms with Gasteiger partial charge in [-0.3, -0.25) is 10.3 Å². The molecule has 1 atom stereocenters. The van der Waals surface area contributed by atoms with E-state index in [2.05, 4.69) is 10.3 Å². The highest BCUT2D eigenvalue weighted by atomic mass is 32.2. The van der Waals surface area contributed by atoms with Gasteiger partial charge in [-0.15, -0.1) is 0 Å². The molecular weight excluding hydrogens is 458 g/mol. The molecule has 34 heavy (non-hydrogen) atoms. The summed E-state index contributed by atoms with van der Waals surface area (Å²) in [7, 11) is -2.50. The van der Waals surface area contributed by atoms with Crippen molar-refractivity contribution < 1.29 is 27.9 Å². The maximum atomic E-state index is 13.6. The number of carbonyl (C=O) groups excluding carboxylic acids is 1. The van der Waals surface area contributed by atoms with Crippen molar-refractivity contribution in [2.45, 2.75) is 31.9 Å². The van der Waals surface area contributed by atoms with Crippen molar-refractivity contribution in [1.29, 1.82) is 0 Å². The second-order valence-electron chi connectivity index (χ2n) is 7.70. The Bertz CT molecular complexity index is 1340. The molecule has 2 heterocycles. The van der Waals surface area contributed by atoms with Crippen LogP contribution in [0.25, 0.3) is 11.3 Å². The van der Waals surface area contributed by atoms with Crippen LogP contribution in [-0.2, 0) is 24.3 Å². The van der Waals surface area contributed by atoms with Crippen molar-refractivity contribution in [3.63, 3.8) is 0 Å². The fourth-order valence-electron chi connectivity index (χ4n) is 3.77. The van der Waals surface area contributed by atoms with Gasteiger partial charge in [-0.05, 0) is 57.1 Å². The first-order chi connectivity index (χ1) is 16.0. The normalized spacial score (nSPS) is 12.6. The summed E-state index contributed by atoms with van der Waals surface area (Å²) in [5.74, 6) is -2.19. The smallest absolute Gasteiger partial charge is 0.332 e. The Morgan fingerprint density at radius 1 is 1.15 bits per heavy atom. The van der Waals surface area contributed by atoms with E-state index in [9.17, 15) is 18.0 Å². The van der Waals surface area contributed by atoms with E-state index in [-0.39, 0.29) is 4.90 Å². The number of aromatic nitrogens is 2. The van der Waals surface area contributed by atoms with Crippen LogP contribution in [0.3, 0.4) is 0 Å².